The van der Waals surface area contributed by atoms with Crippen molar-refractivity contribution >= 4 is 28.5 Å². The maximum atomic E-state index is 13.0. The number of ether oxygens (including phenoxy) is 2. The zero-order valence-electron chi connectivity index (χ0n) is 18.4. The smallest absolute Gasteiger partial charge is 0.374 e. The number of hydrogen-bond donors (Lipinski definition) is 2. The second kappa shape index (κ2) is 9.63. The fourth-order valence-corrected chi connectivity index (χ4v) is 5.54. The van der Waals surface area contributed by atoms with Gasteiger partial charge in [-0.3, -0.25) is 4.79 Å². The summed E-state index contributed by atoms with van der Waals surface area (Å²) in [6, 6.07) is 6.97. The number of amides is 1. The van der Waals surface area contributed by atoms with Gasteiger partial charge in [0.25, 0.3) is 0 Å². The zero-order chi connectivity index (χ0) is 21.9. The van der Waals surface area contributed by atoms with E-state index >= 15 is 0 Å². The molecule has 3 aliphatic rings. The highest BCUT2D eigenvalue weighted by molar-refractivity contribution is 5.98. The molecular formula is C25H32N2O5. The molecule has 0 spiro atoms. The third-order valence-electron chi connectivity index (χ3n) is 7.22. The summed E-state index contributed by atoms with van der Waals surface area (Å²) < 4.78 is 16.5. The highest BCUT2D eigenvalue weighted by Crippen LogP contribution is 2.36. The molecule has 1 unspecified atom stereocenters. The SMILES string of the molecule is O=C(OCC1CCCO1)c1cc2cc(NC(=O)[C@@H]3NCC[C@H]3C3CCCCC3)ccc2o1. The Hall–Kier alpha value is -2.38. The van der Waals surface area contributed by atoms with Crippen LogP contribution in [0.5, 0.6) is 0 Å². The van der Waals surface area contributed by atoms with Crippen molar-refractivity contribution in [2.45, 2.75) is 63.5 Å². The normalized spacial score (nSPS) is 26.4. The van der Waals surface area contributed by atoms with E-state index in [0.29, 0.717) is 23.1 Å². The second-order valence-corrected chi connectivity index (χ2v) is 9.37. The van der Waals surface area contributed by atoms with Crippen LogP contribution in [-0.2, 0) is 14.3 Å². The summed E-state index contributed by atoms with van der Waals surface area (Å²) in [6.45, 7) is 1.87. The summed E-state index contributed by atoms with van der Waals surface area (Å²) in [5.41, 5.74) is 1.30. The molecule has 5 rings (SSSR count). The third-order valence-corrected chi connectivity index (χ3v) is 7.22. The van der Waals surface area contributed by atoms with E-state index in [0.717, 1.165) is 37.8 Å². The van der Waals surface area contributed by atoms with Crippen LogP contribution in [0.3, 0.4) is 0 Å². The van der Waals surface area contributed by atoms with Gasteiger partial charge in [-0.2, -0.15) is 0 Å². The minimum Gasteiger partial charge on any atom is -0.457 e. The molecule has 172 valence electrons. The predicted octanol–water partition coefficient (Wildman–Crippen LogP) is 4.27. The van der Waals surface area contributed by atoms with Crippen molar-refractivity contribution in [2.75, 3.05) is 25.1 Å². The number of benzene rings is 1. The molecule has 7 nitrogen and oxygen atoms in total. The number of carbonyl (C=O) groups is 2. The molecule has 1 saturated carbocycles. The number of carbonyl (C=O) groups excluding carboxylic acids is 2. The quantitative estimate of drug-likeness (QED) is 0.652. The van der Waals surface area contributed by atoms with Crippen LogP contribution in [0.25, 0.3) is 11.0 Å². The maximum Gasteiger partial charge on any atom is 0.374 e. The number of hydrogen-bond acceptors (Lipinski definition) is 6. The Bertz CT molecular complexity index is 958. The Kier molecular flexibility index (Phi) is 6.46. The standard InChI is InChI=1S/C25H32N2O5/c28-24(23-20(10-11-26-23)16-5-2-1-3-6-16)27-18-8-9-21-17(13-18)14-22(32-21)25(29)31-15-19-7-4-12-30-19/h8-9,13-14,16,19-20,23,26H,1-7,10-12,15H2,(H,27,28)/t19?,20-,23+/m0/s1. The van der Waals surface area contributed by atoms with Crippen molar-refractivity contribution in [3.05, 3.63) is 30.0 Å². The third kappa shape index (κ3) is 4.69. The van der Waals surface area contributed by atoms with Gasteiger partial charge in [-0.05, 0) is 61.9 Å². The van der Waals surface area contributed by atoms with Gasteiger partial charge in [0, 0.05) is 17.7 Å². The maximum absolute atomic E-state index is 13.0. The molecule has 0 bridgehead atoms. The van der Waals surface area contributed by atoms with Crippen LogP contribution in [0.4, 0.5) is 5.69 Å². The van der Waals surface area contributed by atoms with Crippen LogP contribution in [0.1, 0.15) is 61.9 Å². The lowest BCUT2D eigenvalue weighted by atomic mass is 9.76. The second-order valence-electron chi connectivity index (χ2n) is 9.37. The molecule has 1 aliphatic carbocycles. The van der Waals surface area contributed by atoms with Gasteiger partial charge in [0.2, 0.25) is 11.7 Å². The lowest BCUT2D eigenvalue weighted by molar-refractivity contribution is -0.119. The molecule has 2 saturated heterocycles. The lowest BCUT2D eigenvalue weighted by Gasteiger charge is -2.30. The van der Waals surface area contributed by atoms with Gasteiger partial charge in [-0.25, -0.2) is 4.79 Å². The van der Waals surface area contributed by atoms with Gasteiger partial charge in [0.05, 0.1) is 12.1 Å². The Morgan fingerprint density at radius 3 is 2.75 bits per heavy atom. The van der Waals surface area contributed by atoms with E-state index in [1.54, 1.807) is 12.1 Å². The van der Waals surface area contributed by atoms with Gasteiger partial charge in [-0.15, -0.1) is 0 Å². The Balaban J connectivity index is 1.22. The Labute approximate surface area is 188 Å². The molecule has 32 heavy (non-hydrogen) atoms. The average Bonchev–Trinajstić information content (AvgIpc) is 3.58. The van der Waals surface area contributed by atoms with E-state index in [9.17, 15) is 9.59 Å². The zero-order valence-corrected chi connectivity index (χ0v) is 18.4. The molecule has 2 N–H and O–H groups in total. The first kappa shape index (κ1) is 21.5. The first-order chi connectivity index (χ1) is 15.7. The molecule has 3 fully saturated rings. The van der Waals surface area contributed by atoms with Crippen molar-refractivity contribution in [2.24, 2.45) is 11.8 Å². The minimum atomic E-state index is -0.493. The largest absolute Gasteiger partial charge is 0.457 e. The van der Waals surface area contributed by atoms with Gasteiger partial charge in [0.15, 0.2) is 0 Å². The molecule has 1 amide bonds. The van der Waals surface area contributed by atoms with Crippen molar-refractivity contribution in [3.63, 3.8) is 0 Å². The topological polar surface area (TPSA) is 89.8 Å². The molecule has 2 aromatic rings. The number of anilines is 1. The van der Waals surface area contributed by atoms with Crippen molar-refractivity contribution in [1.82, 2.24) is 5.32 Å². The summed E-state index contributed by atoms with van der Waals surface area (Å²) in [5, 5.41) is 7.24. The van der Waals surface area contributed by atoms with Gasteiger partial charge in [-0.1, -0.05) is 32.1 Å². The molecule has 3 heterocycles. The molecule has 3 atom stereocenters. The van der Waals surface area contributed by atoms with Gasteiger partial charge in [0.1, 0.15) is 12.2 Å². The molecule has 7 heteroatoms. The van der Waals surface area contributed by atoms with Crippen LogP contribution < -0.4 is 10.6 Å². The van der Waals surface area contributed by atoms with Crippen LogP contribution in [0.15, 0.2) is 28.7 Å². The van der Waals surface area contributed by atoms with E-state index in [-0.39, 0.29) is 30.4 Å². The average molecular weight is 441 g/mol. The first-order valence-electron chi connectivity index (χ1n) is 12.0. The fourth-order valence-electron chi connectivity index (χ4n) is 5.54. The van der Waals surface area contributed by atoms with E-state index in [4.69, 9.17) is 13.9 Å². The molecule has 1 aromatic carbocycles. The number of esters is 1. The minimum absolute atomic E-state index is 0.0215. The lowest BCUT2D eigenvalue weighted by Crippen LogP contribution is -2.42. The Morgan fingerprint density at radius 1 is 1.06 bits per heavy atom. The van der Waals surface area contributed by atoms with Crippen LogP contribution in [0, 0.1) is 11.8 Å². The Morgan fingerprint density at radius 2 is 1.94 bits per heavy atom. The molecule has 2 aliphatic heterocycles. The highest BCUT2D eigenvalue weighted by Gasteiger charge is 2.38. The summed E-state index contributed by atoms with van der Waals surface area (Å²) >= 11 is 0. The van der Waals surface area contributed by atoms with Crippen molar-refractivity contribution in [1.29, 1.82) is 0 Å². The van der Waals surface area contributed by atoms with Crippen LogP contribution in [-0.4, -0.2) is 43.8 Å². The van der Waals surface area contributed by atoms with Gasteiger partial charge < -0.3 is 24.5 Å². The van der Waals surface area contributed by atoms with E-state index in [2.05, 4.69) is 10.6 Å². The monoisotopic (exact) mass is 440 g/mol. The summed E-state index contributed by atoms with van der Waals surface area (Å²) in [4.78, 5) is 25.4. The summed E-state index contributed by atoms with van der Waals surface area (Å²) in [6.07, 6.45) is 9.32. The van der Waals surface area contributed by atoms with E-state index < -0.39 is 5.97 Å². The number of furan rings is 1. The summed E-state index contributed by atoms with van der Waals surface area (Å²) in [5.74, 6) is 0.758. The molecule has 1 aromatic heterocycles. The molecule has 0 radical (unpaired) electrons. The van der Waals surface area contributed by atoms with Crippen LogP contribution >= 0.6 is 0 Å². The van der Waals surface area contributed by atoms with E-state index in [1.165, 1.54) is 32.1 Å². The molecular weight excluding hydrogens is 408 g/mol. The van der Waals surface area contributed by atoms with Crippen molar-refractivity contribution < 1.29 is 23.5 Å². The predicted molar refractivity (Wildman–Crippen MR) is 121 cm³/mol. The number of rotatable bonds is 6. The van der Waals surface area contributed by atoms with E-state index in [1.807, 2.05) is 12.1 Å². The fraction of sp³-hybridized carbons (Fsp3) is 0.600. The number of fused-ring (bicyclic) bond motifs is 1. The highest BCUT2D eigenvalue weighted by atomic mass is 16.6. The summed E-state index contributed by atoms with van der Waals surface area (Å²) in [7, 11) is 0. The van der Waals surface area contributed by atoms with Gasteiger partial charge >= 0.3 is 5.97 Å². The van der Waals surface area contributed by atoms with Crippen LogP contribution in [0.2, 0.25) is 0 Å². The van der Waals surface area contributed by atoms with Crippen molar-refractivity contribution in [3.8, 4) is 0 Å². The number of nitrogens with one attached hydrogen (secondary N) is 2. The first-order valence-corrected chi connectivity index (χ1v) is 12.0.